The van der Waals surface area contributed by atoms with E-state index in [2.05, 4.69) is 16.4 Å². The fourth-order valence-corrected chi connectivity index (χ4v) is 3.02. The van der Waals surface area contributed by atoms with Crippen molar-refractivity contribution < 1.29 is 0 Å². The van der Waals surface area contributed by atoms with Crippen molar-refractivity contribution in [1.29, 1.82) is 0 Å². The molecule has 2 aromatic rings. The summed E-state index contributed by atoms with van der Waals surface area (Å²) in [5, 5.41) is 2.07. The van der Waals surface area contributed by atoms with Crippen LogP contribution in [0.15, 0.2) is 34.0 Å². The summed E-state index contributed by atoms with van der Waals surface area (Å²) in [6.07, 6.45) is 0. The monoisotopic (exact) mass is 236 g/mol. The van der Waals surface area contributed by atoms with Crippen LogP contribution in [-0.2, 0) is 5.75 Å². The zero-order valence-corrected chi connectivity index (χ0v) is 10.1. The minimum atomic E-state index is 0.823. The summed E-state index contributed by atoms with van der Waals surface area (Å²) >= 11 is 3.45. The normalized spacial score (nSPS) is 10.5. The van der Waals surface area contributed by atoms with E-state index < -0.39 is 0 Å². The Morgan fingerprint density at radius 1 is 1.47 bits per heavy atom. The Morgan fingerprint density at radius 2 is 2.33 bits per heavy atom. The summed E-state index contributed by atoms with van der Waals surface area (Å²) in [5.41, 5.74) is 8.87. The number of nitrogen functional groups attached to an aromatic ring is 1. The first-order chi connectivity index (χ1) is 7.24. The van der Waals surface area contributed by atoms with E-state index in [1.807, 2.05) is 25.1 Å². The molecule has 0 unspecified atom stereocenters. The molecule has 0 bridgehead atoms. The number of rotatable bonds is 3. The van der Waals surface area contributed by atoms with Gasteiger partial charge in [0.15, 0.2) is 0 Å². The molecule has 1 aromatic carbocycles. The highest BCUT2D eigenvalue weighted by molar-refractivity contribution is 8.00. The van der Waals surface area contributed by atoms with Crippen molar-refractivity contribution in [2.75, 3.05) is 5.73 Å². The Kier molecular flexibility index (Phi) is 3.28. The predicted molar refractivity (Wildman–Crippen MR) is 67.3 cm³/mol. The van der Waals surface area contributed by atoms with Crippen molar-refractivity contribution in [3.63, 3.8) is 0 Å². The Labute approximate surface area is 97.5 Å². The maximum atomic E-state index is 5.71. The summed E-state index contributed by atoms with van der Waals surface area (Å²) in [7, 11) is 0. The maximum Gasteiger partial charge on any atom is 0.150 e. The van der Waals surface area contributed by atoms with E-state index in [0.717, 1.165) is 21.5 Å². The van der Waals surface area contributed by atoms with Crippen molar-refractivity contribution in [1.82, 2.24) is 4.98 Å². The predicted octanol–water partition coefficient (Wildman–Crippen LogP) is 3.33. The fraction of sp³-hybridized carbons (Fsp3) is 0.182. The van der Waals surface area contributed by atoms with Gasteiger partial charge in [-0.15, -0.1) is 11.3 Å². The lowest BCUT2D eigenvalue weighted by molar-refractivity contribution is 1.16. The molecule has 0 aliphatic rings. The van der Waals surface area contributed by atoms with Crippen molar-refractivity contribution in [3.8, 4) is 0 Å². The third-order valence-electron chi connectivity index (χ3n) is 1.91. The summed E-state index contributed by atoms with van der Waals surface area (Å²) in [4.78, 5) is 4.40. The lowest BCUT2D eigenvalue weighted by Crippen LogP contribution is -1.86. The van der Waals surface area contributed by atoms with Crippen LogP contribution in [0.3, 0.4) is 0 Å². The minimum absolute atomic E-state index is 0.823. The van der Waals surface area contributed by atoms with Gasteiger partial charge in [0.05, 0.1) is 0 Å². The first kappa shape index (κ1) is 10.5. The quantitative estimate of drug-likeness (QED) is 0.656. The molecule has 0 amide bonds. The van der Waals surface area contributed by atoms with Crippen LogP contribution < -0.4 is 5.73 Å². The first-order valence-electron chi connectivity index (χ1n) is 4.63. The molecule has 2 N–H and O–H groups in total. The first-order valence-corrected chi connectivity index (χ1v) is 6.50. The molecule has 0 saturated heterocycles. The number of anilines is 1. The number of thioether (sulfide) groups is 1. The van der Waals surface area contributed by atoms with Crippen LogP contribution in [0.4, 0.5) is 5.69 Å². The van der Waals surface area contributed by atoms with E-state index in [4.69, 9.17) is 5.73 Å². The van der Waals surface area contributed by atoms with Gasteiger partial charge in [0.1, 0.15) is 4.34 Å². The minimum Gasteiger partial charge on any atom is -0.399 e. The molecule has 1 aromatic heterocycles. The van der Waals surface area contributed by atoms with Crippen LogP contribution in [0.1, 0.15) is 11.3 Å². The van der Waals surface area contributed by atoms with E-state index >= 15 is 0 Å². The number of hydrogen-bond acceptors (Lipinski definition) is 4. The molecule has 78 valence electrons. The second-order valence-corrected chi connectivity index (χ2v) is 5.37. The second kappa shape index (κ2) is 4.68. The molecule has 0 fully saturated rings. The summed E-state index contributed by atoms with van der Waals surface area (Å²) in [5.74, 6) is 0.929. The third kappa shape index (κ3) is 2.97. The van der Waals surface area contributed by atoms with Gasteiger partial charge >= 0.3 is 0 Å². The van der Waals surface area contributed by atoms with Gasteiger partial charge in [0.2, 0.25) is 0 Å². The number of aromatic nitrogens is 1. The van der Waals surface area contributed by atoms with Crippen molar-refractivity contribution in [2.45, 2.75) is 17.0 Å². The number of thiazole rings is 1. The van der Waals surface area contributed by atoms with Crippen molar-refractivity contribution in [3.05, 3.63) is 40.9 Å². The summed E-state index contributed by atoms with van der Waals surface area (Å²) < 4.78 is 1.12. The van der Waals surface area contributed by atoms with Gasteiger partial charge in [0.25, 0.3) is 0 Å². The lowest BCUT2D eigenvalue weighted by atomic mass is 10.2. The molecule has 0 atom stereocenters. The number of benzene rings is 1. The van der Waals surface area contributed by atoms with Crippen LogP contribution in [0.2, 0.25) is 0 Å². The van der Waals surface area contributed by atoms with E-state index in [0.29, 0.717) is 0 Å². The molecule has 0 saturated carbocycles. The van der Waals surface area contributed by atoms with Crippen LogP contribution in [0.25, 0.3) is 0 Å². The number of nitrogens with two attached hydrogens (primary N) is 1. The zero-order valence-electron chi connectivity index (χ0n) is 8.43. The highest BCUT2D eigenvalue weighted by atomic mass is 32.2. The average molecular weight is 236 g/mol. The highest BCUT2D eigenvalue weighted by Gasteiger charge is 2.00. The Bertz CT molecular complexity index is 451. The Hall–Kier alpha value is -1.00. The van der Waals surface area contributed by atoms with Crippen LogP contribution in [0, 0.1) is 6.92 Å². The van der Waals surface area contributed by atoms with Crippen molar-refractivity contribution in [2.24, 2.45) is 0 Å². The van der Waals surface area contributed by atoms with E-state index in [1.165, 1.54) is 5.56 Å². The van der Waals surface area contributed by atoms with Crippen molar-refractivity contribution >= 4 is 28.8 Å². The third-order valence-corrected chi connectivity index (χ3v) is 4.12. The van der Waals surface area contributed by atoms with Gasteiger partial charge in [0, 0.05) is 22.5 Å². The number of nitrogens with zero attached hydrogens (tertiary/aromatic N) is 1. The van der Waals surface area contributed by atoms with Crippen LogP contribution in [0.5, 0.6) is 0 Å². The van der Waals surface area contributed by atoms with Gasteiger partial charge in [-0.05, 0) is 24.6 Å². The fourth-order valence-electron chi connectivity index (χ4n) is 1.23. The Balaban J connectivity index is 1.99. The Morgan fingerprint density at radius 3 is 3.00 bits per heavy atom. The SMILES string of the molecule is Cc1csc(SCc2cccc(N)c2)n1. The molecule has 2 rings (SSSR count). The highest BCUT2D eigenvalue weighted by Crippen LogP contribution is 2.26. The summed E-state index contributed by atoms with van der Waals surface area (Å²) in [6, 6.07) is 7.98. The molecular weight excluding hydrogens is 224 g/mol. The van der Waals surface area contributed by atoms with Gasteiger partial charge in [-0.1, -0.05) is 23.9 Å². The summed E-state index contributed by atoms with van der Waals surface area (Å²) in [6.45, 7) is 2.01. The van der Waals surface area contributed by atoms with Gasteiger partial charge in [-0.2, -0.15) is 0 Å². The van der Waals surface area contributed by atoms with Gasteiger partial charge in [-0.25, -0.2) is 4.98 Å². The molecule has 2 nitrogen and oxygen atoms in total. The molecule has 4 heteroatoms. The molecular formula is C11H12N2S2. The smallest absolute Gasteiger partial charge is 0.150 e. The van der Waals surface area contributed by atoms with E-state index in [9.17, 15) is 0 Å². The molecule has 0 radical (unpaired) electrons. The van der Waals surface area contributed by atoms with Crippen LogP contribution in [-0.4, -0.2) is 4.98 Å². The lowest BCUT2D eigenvalue weighted by Gasteiger charge is -1.99. The standard InChI is InChI=1S/C11H12N2S2/c1-8-6-14-11(13-8)15-7-9-3-2-4-10(12)5-9/h2-6H,7,12H2,1H3. The zero-order chi connectivity index (χ0) is 10.7. The molecule has 0 aliphatic carbocycles. The maximum absolute atomic E-state index is 5.71. The molecule has 15 heavy (non-hydrogen) atoms. The average Bonchev–Trinajstić information content (AvgIpc) is 2.62. The topological polar surface area (TPSA) is 38.9 Å². The van der Waals surface area contributed by atoms with Crippen LogP contribution >= 0.6 is 23.1 Å². The second-order valence-electron chi connectivity index (χ2n) is 3.29. The molecule has 0 spiro atoms. The van der Waals surface area contributed by atoms with Gasteiger partial charge in [-0.3, -0.25) is 0 Å². The number of aryl methyl sites for hydroxylation is 1. The number of hydrogen-bond donors (Lipinski definition) is 1. The van der Waals surface area contributed by atoms with Gasteiger partial charge < -0.3 is 5.73 Å². The molecule has 0 aliphatic heterocycles. The molecule has 1 heterocycles. The largest absolute Gasteiger partial charge is 0.399 e. The van der Waals surface area contributed by atoms with E-state index in [1.54, 1.807) is 23.1 Å². The van der Waals surface area contributed by atoms with E-state index in [-0.39, 0.29) is 0 Å².